The molecular formula is C24H27NO3. The van der Waals surface area contributed by atoms with E-state index < -0.39 is 0 Å². The lowest BCUT2D eigenvalue weighted by Crippen LogP contribution is -2.30. The Kier molecular flexibility index (Phi) is 4.66. The van der Waals surface area contributed by atoms with Crippen LogP contribution in [0.2, 0.25) is 0 Å². The summed E-state index contributed by atoms with van der Waals surface area (Å²) in [6.45, 7) is 4.33. The van der Waals surface area contributed by atoms with Crippen molar-refractivity contribution in [1.29, 1.82) is 0 Å². The Balaban J connectivity index is 1.88. The quantitative estimate of drug-likeness (QED) is 0.808. The molecule has 2 aromatic rings. The second-order valence-electron chi connectivity index (χ2n) is 8.49. The number of benzene rings is 2. The van der Waals surface area contributed by atoms with Crippen LogP contribution >= 0.6 is 0 Å². The van der Waals surface area contributed by atoms with E-state index in [-0.39, 0.29) is 17.1 Å². The first-order chi connectivity index (χ1) is 13.4. The lowest BCUT2D eigenvalue weighted by atomic mass is 9.71. The predicted molar refractivity (Wildman–Crippen MR) is 111 cm³/mol. The number of fused-ring (bicyclic) bond motifs is 1. The number of para-hydroxylation sites is 1. The highest BCUT2D eigenvalue weighted by Gasteiger charge is 2.38. The van der Waals surface area contributed by atoms with Crippen molar-refractivity contribution >= 4 is 11.5 Å². The lowest BCUT2D eigenvalue weighted by molar-refractivity contribution is -0.118. The average Bonchev–Trinajstić information content (AvgIpc) is 2.82. The molecule has 1 atom stereocenters. The first-order valence-electron chi connectivity index (χ1n) is 9.75. The molecule has 0 aromatic heterocycles. The molecule has 28 heavy (non-hydrogen) atoms. The summed E-state index contributed by atoms with van der Waals surface area (Å²) in [7, 11) is 3.28. The van der Waals surface area contributed by atoms with Crippen molar-refractivity contribution in [2.24, 2.45) is 5.41 Å². The van der Waals surface area contributed by atoms with Gasteiger partial charge in [0.1, 0.15) is 0 Å². The normalized spacial score (nSPS) is 20.6. The molecular weight excluding hydrogens is 350 g/mol. The summed E-state index contributed by atoms with van der Waals surface area (Å²) in [6.07, 6.45) is 2.23. The zero-order chi connectivity index (χ0) is 19.9. The number of nitrogens with one attached hydrogen (secondary N) is 1. The first kappa shape index (κ1) is 18.6. The number of hydrogen-bond donors (Lipinski definition) is 1. The summed E-state index contributed by atoms with van der Waals surface area (Å²) in [5, 5.41) is 3.60. The molecule has 1 N–H and O–H groups in total. The maximum atomic E-state index is 13.3. The number of ether oxygens (including phenoxy) is 2. The summed E-state index contributed by atoms with van der Waals surface area (Å²) in [5.41, 5.74) is 5.35. The summed E-state index contributed by atoms with van der Waals surface area (Å²) < 4.78 is 10.9. The Morgan fingerprint density at radius 1 is 1.00 bits per heavy atom. The molecule has 1 aliphatic carbocycles. The van der Waals surface area contributed by atoms with Gasteiger partial charge >= 0.3 is 0 Å². The maximum absolute atomic E-state index is 13.3. The van der Waals surface area contributed by atoms with Crippen LogP contribution in [-0.2, 0) is 11.2 Å². The van der Waals surface area contributed by atoms with Crippen molar-refractivity contribution in [1.82, 2.24) is 0 Å². The van der Waals surface area contributed by atoms with E-state index >= 15 is 0 Å². The minimum Gasteiger partial charge on any atom is -0.493 e. The third-order valence-electron chi connectivity index (χ3n) is 5.81. The molecule has 0 saturated heterocycles. The van der Waals surface area contributed by atoms with E-state index in [1.165, 1.54) is 5.56 Å². The van der Waals surface area contributed by atoms with E-state index in [1.807, 2.05) is 18.2 Å². The Hall–Kier alpha value is -2.75. The van der Waals surface area contributed by atoms with E-state index in [0.29, 0.717) is 17.9 Å². The van der Waals surface area contributed by atoms with Crippen LogP contribution in [0.4, 0.5) is 5.69 Å². The highest BCUT2D eigenvalue weighted by molar-refractivity contribution is 6.00. The molecule has 0 bridgehead atoms. The summed E-state index contributed by atoms with van der Waals surface area (Å²) in [5.74, 6) is 1.63. The van der Waals surface area contributed by atoms with E-state index in [9.17, 15) is 4.79 Å². The fraction of sp³-hybridized carbons (Fsp3) is 0.375. The van der Waals surface area contributed by atoms with Crippen molar-refractivity contribution in [2.45, 2.75) is 39.0 Å². The van der Waals surface area contributed by atoms with Gasteiger partial charge in [0.25, 0.3) is 0 Å². The molecule has 0 amide bonds. The van der Waals surface area contributed by atoms with Gasteiger partial charge in [0.15, 0.2) is 17.3 Å². The van der Waals surface area contributed by atoms with E-state index in [1.54, 1.807) is 14.2 Å². The van der Waals surface area contributed by atoms with Crippen LogP contribution in [0.1, 0.15) is 43.7 Å². The van der Waals surface area contributed by atoms with Crippen LogP contribution in [0.15, 0.2) is 53.7 Å². The first-order valence-corrected chi connectivity index (χ1v) is 9.75. The highest BCUT2D eigenvalue weighted by Crippen LogP contribution is 2.46. The summed E-state index contributed by atoms with van der Waals surface area (Å²) in [6, 6.07) is 14.3. The number of rotatable bonds is 3. The fourth-order valence-corrected chi connectivity index (χ4v) is 4.51. The van der Waals surface area contributed by atoms with Gasteiger partial charge < -0.3 is 14.8 Å². The van der Waals surface area contributed by atoms with E-state index in [4.69, 9.17) is 9.47 Å². The maximum Gasteiger partial charge on any atom is 0.161 e. The molecule has 2 aliphatic rings. The smallest absolute Gasteiger partial charge is 0.161 e. The molecule has 0 spiro atoms. The Labute approximate surface area is 166 Å². The van der Waals surface area contributed by atoms with Crippen molar-refractivity contribution in [3.05, 3.63) is 64.9 Å². The fourth-order valence-electron chi connectivity index (χ4n) is 4.51. The number of allylic oxidation sites excluding steroid dienone is 2. The minimum absolute atomic E-state index is 0.00504. The van der Waals surface area contributed by atoms with Crippen LogP contribution in [0.3, 0.4) is 0 Å². The van der Waals surface area contributed by atoms with Crippen LogP contribution < -0.4 is 14.8 Å². The second kappa shape index (κ2) is 7.01. The summed E-state index contributed by atoms with van der Waals surface area (Å²) >= 11 is 0. The Bertz CT molecular complexity index is 958. The molecule has 1 aliphatic heterocycles. The molecule has 2 aromatic carbocycles. The van der Waals surface area contributed by atoms with Crippen molar-refractivity contribution in [2.75, 3.05) is 19.5 Å². The lowest BCUT2D eigenvalue weighted by Gasteiger charge is -2.34. The minimum atomic E-state index is -0.0374. The third kappa shape index (κ3) is 3.28. The molecule has 4 heteroatoms. The molecule has 0 saturated carbocycles. The van der Waals surface area contributed by atoms with Gasteiger partial charge in [-0.25, -0.2) is 0 Å². The van der Waals surface area contributed by atoms with Crippen LogP contribution in [-0.4, -0.2) is 20.0 Å². The van der Waals surface area contributed by atoms with Gasteiger partial charge in [-0.1, -0.05) is 38.1 Å². The molecule has 0 fully saturated rings. The SMILES string of the molecule is COc1ccc(C2Cc3ccccc3NC3=C2C(=O)CC(C)(C)C3)cc1OC. The van der Waals surface area contributed by atoms with Crippen LogP contribution in [0, 0.1) is 5.41 Å². The van der Waals surface area contributed by atoms with Crippen LogP contribution in [0.5, 0.6) is 11.5 Å². The number of carbonyl (C=O) groups is 1. The average molecular weight is 377 g/mol. The van der Waals surface area contributed by atoms with Crippen molar-refractivity contribution < 1.29 is 14.3 Å². The van der Waals surface area contributed by atoms with Gasteiger partial charge in [-0.3, -0.25) is 4.79 Å². The number of hydrogen-bond acceptors (Lipinski definition) is 4. The largest absolute Gasteiger partial charge is 0.493 e. The second-order valence-corrected chi connectivity index (χ2v) is 8.49. The molecule has 4 rings (SSSR count). The van der Waals surface area contributed by atoms with Crippen molar-refractivity contribution in [3.63, 3.8) is 0 Å². The van der Waals surface area contributed by atoms with Crippen LogP contribution in [0.25, 0.3) is 0 Å². The van der Waals surface area contributed by atoms with Gasteiger partial charge in [-0.2, -0.15) is 0 Å². The standard InChI is InChI=1S/C24H27NO3/c1-24(2)13-19-23(20(26)14-24)17(11-16-7-5-6-8-18(16)25-19)15-9-10-21(27-3)22(12-15)28-4/h5-10,12,17,25H,11,13-14H2,1-4H3. The summed E-state index contributed by atoms with van der Waals surface area (Å²) in [4.78, 5) is 13.3. The number of anilines is 1. The van der Waals surface area contributed by atoms with Crippen molar-refractivity contribution in [3.8, 4) is 11.5 Å². The monoisotopic (exact) mass is 377 g/mol. The third-order valence-corrected chi connectivity index (χ3v) is 5.81. The molecule has 146 valence electrons. The molecule has 1 unspecified atom stereocenters. The zero-order valence-electron chi connectivity index (χ0n) is 17.0. The number of ketones is 1. The topological polar surface area (TPSA) is 47.6 Å². The number of methoxy groups -OCH3 is 2. The molecule has 4 nitrogen and oxygen atoms in total. The van der Waals surface area contributed by atoms with Gasteiger partial charge in [0.05, 0.1) is 14.2 Å². The Morgan fingerprint density at radius 2 is 1.75 bits per heavy atom. The zero-order valence-corrected chi connectivity index (χ0v) is 17.0. The van der Waals surface area contributed by atoms with Gasteiger partial charge in [-0.05, 0) is 47.6 Å². The number of Topliss-reactive ketones (excluding diaryl/α,β-unsaturated/α-hetero) is 1. The highest BCUT2D eigenvalue weighted by atomic mass is 16.5. The number of carbonyl (C=O) groups excluding carboxylic acids is 1. The van der Waals surface area contributed by atoms with E-state index in [0.717, 1.165) is 35.4 Å². The van der Waals surface area contributed by atoms with Gasteiger partial charge in [0, 0.05) is 29.3 Å². The Morgan fingerprint density at radius 3 is 2.50 bits per heavy atom. The predicted octanol–water partition coefficient (Wildman–Crippen LogP) is 5.10. The van der Waals surface area contributed by atoms with Gasteiger partial charge in [-0.15, -0.1) is 0 Å². The van der Waals surface area contributed by atoms with Gasteiger partial charge in [0.2, 0.25) is 0 Å². The molecule has 1 heterocycles. The molecule has 0 radical (unpaired) electrons. The van der Waals surface area contributed by atoms with E-state index in [2.05, 4.69) is 43.4 Å².